The van der Waals surface area contributed by atoms with Crippen LogP contribution in [0.4, 0.5) is 10.1 Å². The van der Waals surface area contributed by atoms with Crippen molar-refractivity contribution < 1.29 is 22.3 Å². The Bertz CT molecular complexity index is 1200. The van der Waals surface area contributed by atoms with Gasteiger partial charge in [0.15, 0.2) is 0 Å². The lowest BCUT2D eigenvalue weighted by Crippen LogP contribution is -2.41. The van der Waals surface area contributed by atoms with Crippen molar-refractivity contribution in [1.82, 2.24) is 5.32 Å². The maximum absolute atomic E-state index is 13.4. The van der Waals surface area contributed by atoms with E-state index in [1.54, 1.807) is 11.8 Å². The third-order valence-electron chi connectivity index (χ3n) is 5.23. The number of sulfonamides is 1. The fourth-order valence-electron chi connectivity index (χ4n) is 3.26. The number of halogens is 1. The van der Waals surface area contributed by atoms with Gasteiger partial charge in [-0.2, -0.15) is 11.8 Å². The summed E-state index contributed by atoms with van der Waals surface area (Å²) >= 11 is 1.78. The number of thioether (sulfide) groups is 1. The van der Waals surface area contributed by atoms with E-state index in [0.29, 0.717) is 12.3 Å². The highest BCUT2D eigenvalue weighted by atomic mass is 32.2. The Labute approximate surface area is 210 Å². The highest BCUT2D eigenvalue weighted by Crippen LogP contribution is 2.25. The monoisotopic (exact) mass is 516 g/mol. The number of carbonyl (C=O) groups is 1. The number of nitrogens with zero attached hydrogens (tertiary/aromatic N) is 1. The first-order valence-electron chi connectivity index (χ1n) is 11.1. The Hall–Kier alpha value is -3.04. The van der Waals surface area contributed by atoms with Crippen molar-refractivity contribution in [1.29, 1.82) is 0 Å². The lowest BCUT2D eigenvalue weighted by atomic mass is 10.2. The summed E-state index contributed by atoms with van der Waals surface area (Å²) in [6.45, 7) is 2.06. The van der Waals surface area contributed by atoms with Crippen LogP contribution < -0.4 is 14.4 Å². The fourth-order valence-corrected chi connectivity index (χ4v) is 5.60. The minimum atomic E-state index is -4.07. The third kappa shape index (κ3) is 7.73. The number of aryl methyl sites for hydroxylation is 1. The molecular weight excluding hydrogens is 487 g/mol. The number of rotatable bonds is 12. The van der Waals surface area contributed by atoms with Crippen molar-refractivity contribution in [2.24, 2.45) is 0 Å². The molecule has 1 amide bonds. The molecule has 1 N–H and O–H groups in total. The van der Waals surface area contributed by atoms with Crippen LogP contribution in [0.5, 0.6) is 5.75 Å². The first kappa shape index (κ1) is 26.6. The van der Waals surface area contributed by atoms with Crippen LogP contribution in [-0.4, -0.2) is 40.3 Å². The molecule has 6 nitrogen and oxygen atoms in total. The van der Waals surface area contributed by atoms with Crippen LogP contribution >= 0.6 is 11.8 Å². The molecular formula is C26H29FN2O4S2. The molecule has 9 heteroatoms. The highest BCUT2D eigenvalue weighted by Gasteiger charge is 2.27. The minimum absolute atomic E-state index is 0.00271. The van der Waals surface area contributed by atoms with Crippen molar-refractivity contribution in [3.8, 4) is 5.75 Å². The van der Waals surface area contributed by atoms with E-state index in [-0.39, 0.29) is 10.6 Å². The summed E-state index contributed by atoms with van der Waals surface area (Å²) in [4.78, 5) is 12.6. The van der Waals surface area contributed by atoms with Gasteiger partial charge in [0.2, 0.25) is 5.91 Å². The summed E-state index contributed by atoms with van der Waals surface area (Å²) in [6.07, 6.45) is 0.754. The normalized spacial score (nSPS) is 11.2. The number of amides is 1. The van der Waals surface area contributed by atoms with Gasteiger partial charge in [0.05, 0.1) is 17.7 Å². The van der Waals surface area contributed by atoms with Gasteiger partial charge in [-0.15, -0.1) is 0 Å². The van der Waals surface area contributed by atoms with Crippen LogP contribution in [0.1, 0.15) is 17.5 Å². The molecule has 3 aromatic rings. The molecule has 0 fully saturated rings. The molecule has 186 valence electrons. The van der Waals surface area contributed by atoms with Crippen LogP contribution in [-0.2, 0) is 20.6 Å². The van der Waals surface area contributed by atoms with Gasteiger partial charge in [-0.05, 0) is 73.2 Å². The quantitative estimate of drug-likeness (QED) is 0.351. The molecule has 0 radical (unpaired) electrons. The third-order valence-corrected chi connectivity index (χ3v) is 8.13. The molecule has 0 unspecified atom stereocenters. The van der Waals surface area contributed by atoms with Crippen molar-refractivity contribution in [2.45, 2.75) is 24.0 Å². The molecule has 3 aromatic carbocycles. The van der Waals surface area contributed by atoms with Gasteiger partial charge in [0.25, 0.3) is 10.0 Å². The average Bonchev–Trinajstić information content (AvgIpc) is 2.86. The molecule has 0 aromatic heterocycles. The molecule has 0 aliphatic rings. The molecule has 35 heavy (non-hydrogen) atoms. The van der Waals surface area contributed by atoms with E-state index in [4.69, 9.17) is 4.74 Å². The largest absolute Gasteiger partial charge is 0.497 e. The smallest absolute Gasteiger partial charge is 0.264 e. The zero-order valence-corrected chi connectivity index (χ0v) is 21.4. The predicted molar refractivity (Wildman–Crippen MR) is 139 cm³/mol. The number of carbonyl (C=O) groups excluding carboxylic acids is 1. The second-order valence-corrected chi connectivity index (χ2v) is 10.9. The summed E-state index contributed by atoms with van der Waals surface area (Å²) in [7, 11) is -2.58. The predicted octanol–water partition coefficient (Wildman–Crippen LogP) is 4.78. The summed E-state index contributed by atoms with van der Waals surface area (Å²) in [6, 6.07) is 19.3. The van der Waals surface area contributed by atoms with Gasteiger partial charge in [-0.25, -0.2) is 12.8 Å². The van der Waals surface area contributed by atoms with Gasteiger partial charge >= 0.3 is 0 Å². The SMILES string of the molecule is COc1ccc(S(=O)(=O)N(CC(=O)NCCCSCc2ccc(C)cc2)c2ccc(F)cc2)cc1. The molecule has 0 spiro atoms. The van der Waals surface area contributed by atoms with Gasteiger partial charge in [0, 0.05) is 12.3 Å². The van der Waals surface area contributed by atoms with Crippen LogP contribution in [0.25, 0.3) is 0 Å². The van der Waals surface area contributed by atoms with Crippen molar-refractivity contribution in [2.75, 3.05) is 30.3 Å². The standard InChI is InChI=1S/C26H29FN2O4S2/c1-20-4-6-21(7-5-20)19-34-17-3-16-28-26(30)18-29(23-10-8-22(27)9-11-23)35(31,32)25-14-12-24(33-2)13-15-25/h4-15H,3,16-19H2,1-2H3,(H,28,30). The molecule has 0 saturated carbocycles. The Morgan fingerprint density at radius 1 is 1.00 bits per heavy atom. The second kappa shape index (κ2) is 12.6. The zero-order valence-electron chi connectivity index (χ0n) is 19.7. The van der Waals surface area contributed by atoms with E-state index in [1.165, 1.54) is 54.6 Å². The Kier molecular flexibility index (Phi) is 9.56. The van der Waals surface area contributed by atoms with Crippen molar-refractivity contribution in [3.63, 3.8) is 0 Å². The molecule has 0 saturated heterocycles. The summed E-state index contributed by atoms with van der Waals surface area (Å²) in [5, 5.41) is 2.79. The average molecular weight is 517 g/mol. The molecule has 0 aliphatic heterocycles. The molecule has 0 atom stereocenters. The number of methoxy groups -OCH3 is 1. The summed E-state index contributed by atoms with van der Waals surface area (Å²) in [5.74, 6) is 1.33. The number of nitrogens with one attached hydrogen (secondary N) is 1. The lowest BCUT2D eigenvalue weighted by Gasteiger charge is -2.24. The fraction of sp³-hybridized carbons (Fsp3) is 0.269. The van der Waals surface area contributed by atoms with E-state index in [9.17, 15) is 17.6 Å². The molecule has 0 aliphatic carbocycles. The lowest BCUT2D eigenvalue weighted by molar-refractivity contribution is -0.119. The number of anilines is 1. The second-order valence-electron chi connectivity index (χ2n) is 7.91. The molecule has 0 heterocycles. The maximum atomic E-state index is 13.4. The first-order chi connectivity index (χ1) is 16.8. The van der Waals surface area contributed by atoms with Crippen LogP contribution in [0.2, 0.25) is 0 Å². The molecule has 3 rings (SSSR count). The zero-order chi connectivity index (χ0) is 25.3. The van der Waals surface area contributed by atoms with Crippen LogP contribution in [0.15, 0.2) is 77.7 Å². The van der Waals surface area contributed by atoms with Crippen molar-refractivity contribution >= 4 is 33.4 Å². The number of benzene rings is 3. The van der Waals surface area contributed by atoms with Gasteiger partial charge in [-0.1, -0.05) is 29.8 Å². The Morgan fingerprint density at radius 3 is 2.29 bits per heavy atom. The Balaban J connectivity index is 1.59. The molecule has 0 bridgehead atoms. The van der Waals surface area contributed by atoms with Crippen LogP contribution in [0, 0.1) is 12.7 Å². The number of hydrogen-bond donors (Lipinski definition) is 1. The van der Waals surface area contributed by atoms with E-state index in [1.807, 2.05) is 0 Å². The topological polar surface area (TPSA) is 75.7 Å². The summed E-state index contributed by atoms with van der Waals surface area (Å²) in [5.41, 5.74) is 2.68. The minimum Gasteiger partial charge on any atom is -0.497 e. The van der Waals surface area contributed by atoms with Crippen molar-refractivity contribution in [3.05, 3.63) is 89.7 Å². The van der Waals surface area contributed by atoms with Gasteiger partial charge in [0.1, 0.15) is 18.1 Å². The van der Waals surface area contributed by atoms with Crippen LogP contribution in [0.3, 0.4) is 0 Å². The number of hydrogen-bond acceptors (Lipinski definition) is 5. The first-order valence-corrected chi connectivity index (χ1v) is 13.7. The van der Waals surface area contributed by atoms with E-state index in [0.717, 1.165) is 34.4 Å². The van der Waals surface area contributed by atoms with E-state index >= 15 is 0 Å². The number of ether oxygens (including phenoxy) is 1. The van der Waals surface area contributed by atoms with Gasteiger partial charge in [-0.3, -0.25) is 9.10 Å². The van der Waals surface area contributed by atoms with E-state index in [2.05, 4.69) is 36.5 Å². The summed E-state index contributed by atoms with van der Waals surface area (Å²) < 4.78 is 46.2. The Morgan fingerprint density at radius 2 is 1.66 bits per heavy atom. The maximum Gasteiger partial charge on any atom is 0.264 e. The van der Waals surface area contributed by atoms with E-state index < -0.39 is 28.3 Å². The van der Waals surface area contributed by atoms with Gasteiger partial charge < -0.3 is 10.1 Å². The highest BCUT2D eigenvalue weighted by molar-refractivity contribution is 7.98.